The molecule has 0 spiro atoms. The lowest BCUT2D eigenvalue weighted by molar-refractivity contribution is 0.191. The Morgan fingerprint density at radius 3 is 3.00 bits per heavy atom. The summed E-state index contributed by atoms with van der Waals surface area (Å²) in [5.41, 5.74) is 5.74. The number of benzene rings is 1. The lowest BCUT2D eigenvalue weighted by Gasteiger charge is -2.41. The highest BCUT2D eigenvalue weighted by atomic mass is 16.5. The van der Waals surface area contributed by atoms with Crippen LogP contribution in [0, 0.1) is 0 Å². The lowest BCUT2D eigenvalue weighted by Crippen LogP contribution is -2.49. The predicted octanol–water partition coefficient (Wildman–Crippen LogP) is 3.15. The van der Waals surface area contributed by atoms with Crippen molar-refractivity contribution in [2.75, 3.05) is 56.7 Å². The van der Waals surface area contributed by atoms with Crippen molar-refractivity contribution >= 4 is 11.4 Å². The van der Waals surface area contributed by atoms with Crippen LogP contribution in [0.25, 0.3) is 0 Å². The first kappa shape index (κ1) is 17.8. The highest BCUT2D eigenvalue weighted by molar-refractivity contribution is 5.80. The van der Waals surface area contributed by atoms with Gasteiger partial charge < -0.3 is 19.4 Å². The van der Waals surface area contributed by atoms with Gasteiger partial charge in [0.25, 0.3) is 0 Å². The largest absolute Gasteiger partial charge is 0.496 e. The second kappa shape index (κ2) is 7.28. The number of likely N-dealkylation sites (tertiary alicyclic amines) is 1. The Morgan fingerprint density at radius 2 is 2.11 bits per heavy atom. The number of pyridine rings is 1. The summed E-state index contributed by atoms with van der Waals surface area (Å²) < 4.78 is 5.47. The number of anilines is 2. The van der Waals surface area contributed by atoms with Crippen molar-refractivity contribution in [3.05, 3.63) is 47.8 Å². The molecule has 0 aliphatic carbocycles. The highest BCUT2D eigenvalue weighted by Gasteiger charge is 2.44. The third kappa shape index (κ3) is 2.93. The molecule has 3 aliphatic rings. The fourth-order valence-electron chi connectivity index (χ4n) is 5.47. The fraction of sp³-hybridized carbons (Fsp3) is 0.522. The van der Waals surface area contributed by atoms with Crippen molar-refractivity contribution in [1.82, 2.24) is 9.88 Å². The lowest BCUT2D eigenvalue weighted by atomic mass is 9.89. The molecule has 3 aliphatic heterocycles. The third-order valence-corrected chi connectivity index (χ3v) is 6.88. The van der Waals surface area contributed by atoms with E-state index in [9.17, 15) is 0 Å². The molecule has 5 nitrogen and oxygen atoms in total. The average Bonchev–Trinajstić information content (AvgIpc) is 3.05. The highest BCUT2D eigenvalue weighted by Crippen LogP contribution is 2.50. The van der Waals surface area contributed by atoms with Crippen LogP contribution in [0.2, 0.25) is 0 Å². The van der Waals surface area contributed by atoms with Crippen molar-refractivity contribution in [3.8, 4) is 5.75 Å². The van der Waals surface area contributed by atoms with E-state index in [2.05, 4.69) is 44.9 Å². The molecule has 0 unspecified atom stereocenters. The van der Waals surface area contributed by atoms with Crippen LogP contribution in [-0.4, -0.2) is 62.8 Å². The van der Waals surface area contributed by atoms with Gasteiger partial charge in [0, 0.05) is 63.1 Å². The molecular formula is C23H30N4O. The molecule has 2 aromatic rings. The standard InChI is InChI=1S/C23H30N4O/c1-25-13-14-27-20-9-12-26(11-4-5-17-15-24-10-8-22(17)28-2)16-19(20)18-6-3-7-21(25)23(18)27/h3,6-8,10,15,19-20H,4-5,9,11-14,16H2,1-2H3/t19-,20-/m0/s1. The van der Waals surface area contributed by atoms with E-state index in [1.54, 1.807) is 18.9 Å². The third-order valence-electron chi connectivity index (χ3n) is 6.88. The Bertz CT molecular complexity index is 854. The molecule has 28 heavy (non-hydrogen) atoms. The van der Waals surface area contributed by atoms with Gasteiger partial charge in [-0.1, -0.05) is 12.1 Å². The van der Waals surface area contributed by atoms with Gasteiger partial charge in [-0.05, 0) is 43.5 Å². The van der Waals surface area contributed by atoms with Crippen LogP contribution in [0.1, 0.15) is 29.9 Å². The Morgan fingerprint density at radius 1 is 1.18 bits per heavy atom. The molecule has 0 amide bonds. The summed E-state index contributed by atoms with van der Waals surface area (Å²) in [6.07, 6.45) is 7.20. The first-order chi connectivity index (χ1) is 13.8. The summed E-state index contributed by atoms with van der Waals surface area (Å²) in [6, 6.07) is 9.58. The van der Waals surface area contributed by atoms with Crippen LogP contribution < -0.4 is 14.5 Å². The molecule has 0 radical (unpaired) electrons. The molecule has 5 rings (SSSR count). The molecule has 1 saturated heterocycles. The maximum atomic E-state index is 5.47. The van der Waals surface area contributed by atoms with Crippen molar-refractivity contribution in [3.63, 3.8) is 0 Å². The molecular weight excluding hydrogens is 348 g/mol. The van der Waals surface area contributed by atoms with Crippen molar-refractivity contribution in [1.29, 1.82) is 0 Å². The molecule has 1 aromatic carbocycles. The zero-order chi connectivity index (χ0) is 19.1. The molecule has 1 aromatic heterocycles. The van der Waals surface area contributed by atoms with Gasteiger partial charge in [-0.25, -0.2) is 0 Å². The smallest absolute Gasteiger partial charge is 0.125 e. The Kier molecular flexibility index (Phi) is 4.63. The van der Waals surface area contributed by atoms with Crippen LogP contribution >= 0.6 is 0 Å². The first-order valence-corrected chi connectivity index (χ1v) is 10.6. The maximum absolute atomic E-state index is 5.47. The van der Waals surface area contributed by atoms with Crippen LogP contribution in [0.15, 0.2) is 36.7 Å². The molecule has 2 atom stereocenters. The number of fused-ring (bicyclic) bond motifs is 3. The average molecular weight is 379 g/mol. The number of hydrogen-bond donors (Lipinski definition) is 0. The van der Waals surface area contributed by atoms with Crippen LogP contribution in [0.4, 0.5) is 11.4 Å². The summed E-state index contributed by atoms with van der Waals surface area (Å²) in [4.78, 5) is 12.1. The number of aromatic nitrogens is 1. The van der Waals surface area contributed by atoms with Gasteiger partial charge in [0.2, 0.25) is 0 Å². The van der Waals surface area contributed by atoms with Gasteiger partial charge in [0.1, 0.15) is 5.75 Å². The van der Waals surface area contributed by atoms with Gasteiger partial charge in [-0.3, -0.25) is 4.98 Å². The molecule has 148 valence electrons. The molecule has 0 bridgehead atoms. The fourth-order valence-corrected chi connectivity index (χ4v) is 5.47. The minimum Gasteiger partial charge on any atom is -0.496 e. The quantitative estimate of drug-likeness (QED) is 0.798. The number of para-hydroxylation sites is 1. The van der Waals surface area contributed by atoms with E-state index in [1.807, 2.05) is 12.3 Å². The second-order valence-electron chi connectivity index (χ2n) is 8.38. The van der Waals surface area contributed by atoms with Crippen molar-refractivity contribution in [2.45, 2.75) is 31.2 Å². The van der Waals surface area contributed by atoms with Crippen LogP contribution in [0.5, 0.6) is 5.75 Å². The van der Waals surface area contributed by atoms with Crippen molar-refractivity contribution < 1.29 is 4.74 Å². The number of piperidine rings is 1. The van der Waals surface area contributed by atoms with Crippen molar-refractivity contribution in [2.24, 2.45) is 0 Å². The summed E-state index contributed by atoms with van der Waals surface area (Å²) in [5, 5.41) is 0. The number of hydrogen-bond acceptors (Lipinski definition) is 5. The van der Waals surface area contributed by atoms with Crippen LogP contribution in [0.3, 0.4) is 0 Å². The second-order valence-corrected chi connectivity index (χ2v) is 8.38. The summed E-state index contributed by atoms with van der Waals surface area (Å²) in [6.45, 7) is 5.85. The number of nitrogens with zero attached hydrogens (tertiary/aromatic N) is 4. The van der Waals surface area contributed by atoms with Gasteiger partial charge in [0.05, 0.1) is 18.5 Å². The molecule has 0 saturated carbocycles. The Balaban J connectivity index is 1.26. The number of rotatable bonds is 5. The number of aryl methyl sites for hydroxylation is 1. The molecule has 1 fully saturated rings. The van der Waals surface area contributed by atoms with E-state index in [1.165, 1.54) is 43.0 Å². The van der Waals surface area contributed by atoms with Gasteiger partial charge in [-0.2, -0.15) is 0 Å². The number of ether oxygens (including phenoxy) is 1. The topological polar surface area (TPSA) is 31.8 Å². The summed E-state index contributed by atoms with van der Waals surface area (Å²) in [5.74, 6) is 1.62. The first-order valence-electron chi connectivity index (χ1n) is 10.6. The summed E-state index contributed by atoms with van der Waals surface area (Å²) >= 11 is 0. The van der Waals surface area contributed by atoms with Gasteiger partial charge >= 0.3 is 0 Å². The zero-order valence-corrected chi connectivity index (χ0v) is 17.0. The maximum Gasteiger partial charge on any atom is 0.125 e. The van der Waals surface area contributed by atoms with E-state index in [4.69, 9.17) is 4.74 Å². The van der Waals surface area contributed by atoms with E-state index >= 15 is 0 Å². The summed E-state index contributed by atoms with van der Waals surface area (Å²) in [7, 11) is 3.97. The van der Waals surface area contributed by atoms with E-state index in [-0.39, 0.29) is 0 Å². The minimum atomic E-state index is 0.656. The zero-order valence-electron chi connectivity index (χ0n) is 17.0. The van der Waals surface area contributed by atoms with E-state index in [0.29, 0.717) is 12.0 Å². The number of methoxy groups -OCH3 is 1. The van der Waals surface area contributed by atoms with Gasteiger partial charge in [-0.15, -0.1) is 0 Å². The van der Waals surface area contributed by atoms with Gasteiger partial charge in [0.15, 0.2) is 0 Å². The minimum absolute atomic E-state index is 0.656. The monoisotopic (exact) mass is 378 g/mol. The number of likely N-dealkylation sites (N-methyl/N-ethyl adjacent to an activating group) is 1. The Labute approximate surface area is 167 Å². The van der Waals surface area contributed by atoms with E-state index < -0.39 is 0 Å². The van der Waals surface area contributed by atoms with Crippen LogP contribution in [-0.2, 0) is 6.42 Å². The molecule has 0 N–H and O–H groups in total. The molecule has 5 heteroatoms. The molecule has 4 heterocycles. The Hall–Kier alpha value is -2.27. The SMILES string of the molecule is COc1ccncc1CCCN1CC[C@H]2[C@@H](C1)c1cccc3c1N2CCN3C. The van der Waals surface area contributed by atoms with E-state index in [0.717, 1.165) is 31.7 Å². The normalized spacial score (nSPS) is 23.5. The predicted molar refractivity (Wildman–Crippen MR) is 114 cm³/mol.